The molecule has 1 aromatic heterocycles. The number of methoxy groups -OCH3 is 1. The first-order valence-electron chi connectivity index (χ1n) is 4.38. The van der Waals surface area contributed by atoms with Crippen molar-refractivity contribution in [2.45, 2.75) is 31.9 Å². The monoisotopic (exact) mass is 183 g/mol. The average Bonchev–Trinajstić information content (AvgIpc) is 2.55. The van der Waals surface area contributed by atoms with Crippen LogP contribution >= 0.6 is 0 Å². The fourth-order valence-electron chi connectivity index (χ4n) is 1.22. The Bertz CT molecular complexity index is 241. The van der Waals surface area contributed by atoms with Gasteiger partial charge < -0.3 is 14.9 Å². The van der Waals surface area contributed by atoms with E-state index < -0.39 is 0 Å². The van der Waals surface area contributed by atoms with Crippen molar-refractivity contribution in [3.05, 3.63) is 24.2 Å². The highest BCUT2D eigenvalue weighted by Gasteiger charge is 2.21. The van der Waals surface area contributed by atoms with Gasteiger partial charge in [0.1, 0.15) is 0 Å². The van der Waals surface area contributed by atoms with Gasteiger partial charge in [-0.25, -0.2) is 0 Å². The molecule has 1 heterocycles. The molecule has 1 rings (SSSR count). The molecule has 0 amide bonds. The summed E-state index contributed by atoms with van der Waals surface area (Å²) in [6.45, 7) is 4.04. The third-order valence-electron chi connectivity index (χ3n) is 2.24. The van der Waals surface area contributed by atoms with Crippen LogP contribution in [0.3, 0.4) is 0 Å². The molecule has 0 aliphatic rings. The van der Waals surface area contributed by atoms with E-state index in [9.17, 15) is 0 Å². The van der Waals surface area contributed by atoms with Gasteiger partial charge in [-0.1, -0.05) is 0 Å². The molecular formula is C10H17NO2. The van der Waals surface area contributed by atoms with Gasteiger partial charge in [0.05, 0.1) is 18.1 Å². The molecule has 0 radical (unpaired) electrons. The van der Waals surface area contributed by atoms with Gasteiger partial charge in [-0.3, -0.25) is 0 Å². The second kappa shape index (κ2) is 3.94. The van der Waals surface area contributed by atoms with Gasteiger partial charge >= 0.3 is 0 Å². The summed E-state index contributed by atoms with van der Waals surface area (Å²) in [5, 5.41) is 0. The molecule has 0 aromatic carbocycles. The molecule has 1 atom stereocenters. The van der Waals surface area contributed by atoms with Crippen LogP contribution in [-0.4, -0.2) is 12.7 Å². The zero-order valence-electron chi connectivity index (χ0n) is 8.41. The Hall–Kier alpha value is -0.800. The summed E-state index contributed by atoms with van der Waals surface area (Å²) >= 11 is 0. The van der Waals surface area contributed by atoms with E-state index in [4.69, 9.17) is 14.9 Å². The molecule has 2 N–H and O–H groups in total. The topological polar surface area (TPSA) is 48.4 Å². The third-order valence-corrected chi connectivity index (χ3v) is 2.24. The standard InChI is InChI=1S/C10H17NO2/c1-10(2,12-3)6-9(11)8-4-5-13-7-8/h4-5,7,9H,6,11H2,1-3H3. The van der Waals surface area contributed by atoms with Crippen molar-refractivity contribution in [2.24, 2.45) is 5.73 Å². The van der Waals surface area contributed by atoms with Gasteiger partial charge in [0.2, 0.25) is 0 Å². The highest BCUT2D eigenvalue weighted by Crippen LogP contribution is 2.23. The summed E-state index contributed by atoms with van der Waals surface area (Å²) in [5.41, 5.74) is 6.80. The normalized spacial score (nSPS) is 14.5. The summed E-state index contributed by atoms with van der Waals surface area (Å²) in [6, 6.07) is 1.87. The first-order chi connectivity index (χ1) is 6.05. The largest absolute Gasteiger partial charge is 0.472 e. The lowest BCUT2D eigenvalue weighted by atomic mass is 9.96. The average molecular weight is 183 g/mol. The molecule has 74 valence electrons. The molecule has 0 bridgehead atoms. The molecule has 3 heteroatoms. The van der Waals surface area contributed by atoms with Crippen molar-refractivity contribution in [2.75, 3.05) is 7.11 Å². The van der Waals surface area contributed by atoms with E-state index in [-0.39, 0.29) is 11.6 Å². The van der Waals surface area contributed by atoms with E-state index in [1.165, 1.54) is 0 Å². The number of ether oxygens (including phenoxy) is 1. The van der Waals surface area contributed by atoms with Gasteiger partial charge in [-0.2, -0.15) is 0 Å². The van der Waals surface area contributed by atoms with Crippen molar-refractivity contribution in [1.29, 1.82) is 0 Å². The molecule has 0 saturated heterocycles. The minimum absolute atomic E-state index is 0.0197. The molecule has 0 fully saturated rings. The Morgan fingerprint density at radius 2 is 2.31 bits per heavy atom. The van der Waals surface area contributed by atoms with Crippen molar-refractivity contribution >= 4 is 0 Å². The summed E-state index contributed by atoms with van der Waals surface area (Å²) in [4.78, 5) is 0. The molecule has 0 saturated carbocycles. The maximum atomic E-state index is 5.96. The van der Waals surface area contributed by atoms with E-state index in [2.05, 4.69) is 0 Å². The van der Waals surface area contributed by atoms with Gasteiger partial charge in [-0.15, -0.1) is 0 Å². The van der Waals surface area contributed by atoms with Gasteiger partial charge in [0.15, 0.2) is 0 Å². The van der Waals surface area contributed by atoms with Gasteiger partial charge in [0.25, 0.3) is 0 Å². The van der Waals surface area contributed by atoms with E-state index in [0.29, 0.717) is 0 Å². The number of nitrogens with two attached hydrogens (primary N) is 1. The first kappa shape index (κ1) is 10.3. The van der Waals surface area contributed by atoms with E-state index in [1.54, 1.807) is 19.6 Å². The smallest absolute Gasteiger partial charge is 0.0950 e. The highest BCUT2D eigenvalue weighted by atomic mass is 16.5. The predicted octanol–water partition coefficient (Wildman–Crippen LogP) is 2.09. The molecule has 0 aliphatic carbocycles. The second-order valence-electron chi connectivity index (χ2n) is 3.83. The van der Waals surface area contributed by atoms with Crippen molar-refractivity contribution < 1.29 is 9.15 Å². The Labute approximate surface area is 78.9 Å². The number of furan rings is 1. The fourth-order valence-corrected chi connectivity index (χ4v) is 1.22. The van der Waals surface area contributed by atoms with Crippen LogP contribution in [0.1, 0.15) is 31.9 Å². The van der Waals surface area contributed by atoms with Crippen molar-refractivity contribution in [3.8, 4) is 0 Å². The number of hydrogen-bond donors (Lipinski definition) is 1. The molecule has 13 heavy (non-hydrogen) atoms. The second-order valence-corrected chi connectivity index (χ2v) is 3.83. The lowest BCUT2D eigenvalue weighted by Crippen LogP contribution is -2.28. The lowest BCUT2D eigenvalue weighted by molar-refractivity contribution is 0.00992. The van der Waals surface area contributed by atoms with Crippen molar-refractivity contribution in [3.63, 3.8) is 0 Å². The van der Waals surface area contributed by atoms with Crippen LogP contribution in [-0.2, 0) is 4.74 Å². The Morgan fingerprint density at radius 1 is 1.62 bits per heavy atom. The Balaban J connectivity index is 2.56. The van der Waals surface area contributed by atoms with Crippen LogP contribution < -0.4 is 5.73 Å². The van der Waals surface area contributed by atoms with Crippen LogP contribution in [0.25, 0.3) is 0 Å². The van der Waals surface area contributed by atoms with E-state index in [0.717, 1.165) is 12.0 Å². The number of hydrogen-bond acceptors (Lipinski definition) is 3. The highest BCUT2D eigenvalue weighted by molar-refractivity contribution is 5.11. The summed E-state index contributed by atoms with van der Waals surface area (Å²) < 4.78 is 10.3. The van der Waals surface area contributed by atoms with Gasteiger partial charge in [0, 0.05) is 18.7 Å². The van der Waals surface area contributed by atoms with Crippen LogP contribution in [0, 0.1) is 0 Å². The molecule has 1 aromatic rings. The quantitative estimate of drug-likeness (QED) is 0.777. The fraction of sp³-hybridized carbons (Fsp3) is 0.600. The lowest BCUT2D eigenvalue weighted by Gasteiger charge is -2.25. The Morgan fingerprint density at radius 3 is 2.77 bits per heavy atom. The summed E-state index contributed by atoms with van der Waals surface area (Å²) in [7, 11) is 1.70. The summed E-state index contributed by atoms with van der Waals surface area (Å²) in [6.07, 6.45) is 4.09. The van der Waals surface area contributed by atoms with E-state index in [1.807, 2.05) is 19.9 Å². The molecule has 3 nitrogen and oxygen atoms in total. The molecule has 1 unspecified atom stereocenters. The van der Waals surface area contributed by atoms with Crippen LogP contribution in [0.5, 0.6) is 0 Å². The summed E-state index contributed by atoms with van der Waals surface area (Å²) in [5.74, 6) is 0. The zero-order valence-corrected chi connectivity index (χ0v) is 8.41. The molecule has 0 aliphatic heterocycles. The minimum Gasteiger partial charge on any atom is -0.472 e. The first-order valence-corrected chi connectivity index (χ1v) is 4.38. The van der Waals surface area contributed by atoms with Crippen LogP contribution in [0.4, 0.5) is 0 Å². The number of rotatable bonds is 4. The zero-order chi connectivity index (χ0) is 9.90. The van der Waals surface area contributed by atoms with Crippen LogP contribution in [0.2, 0.25) is 0 Å². The van der Waals surface area contributed by atoms with E-state index >= 15 is 0 Å². The predicted molar refractivity (Wildman–Crippen MR) is 51.3 cm³/mol. The maximum absolute atomic E-state index is 5.96. The Kier molecular flexibility index (Phi) is 3.12. The molecule has 0 spiro atoms. The minimum atomic E-state index is -0.184. The van der Waals surface area contributed by atoms with Gasteiger partial charge in [-0.05, 0) is 26.3 Å². The SMILES string of the molecule is COC(C)(C)CC(N)c1ccoc1. The van der Waals surface area contributed by atoms with Crippen LogP contribution in [0.15, 0.2) is 23.0 Å². The van der Waals surface area contributed by atoms with Crippen molar-refractivity contribution in [1.82, 2.24) is 0 Å². The molecular weight excluding hydrogens is 166 g/mol. The maximum Gasteiger partial charge on any atom is 0.0950 e. The third kappa shape index (κ3) is 2.86.